The van der Waals surface area contributed by atoms with Crippen molar-refractivity contribution in [2.24, 2.45) is 0 Å². The third-order valence-electron chi connectivity index (χ3n) is 3.27. The number of aryl methyl sites for hydroxylation is 1. The van der Waals surface area contributed by atoms with E-state index in [1.807, 2.05) is 18.2 Å². The highest BCUT2D eigenvalue weighted by Crippen LogP contribution is 2.32. The number of rotatable bonds is 1. The van der Waals surface area contributed by atoms with Gasteiger partial charge in [-0.05, 0) is 30.5 Å². The summed E-state index contributed by atoms with van der Waals surface area (Å²) in [4.78, 5) is 28.1. The lowest BCUT2D eigenvalue weighted by molar-refractivity contribution is 0.415. The summed E-state index contributed by atoms with van der Waals surface area (Å²) in [5.41, 5.74) is 2.46. The summed E-state index contributed by atoms with van der Waals surface area (Å²) in [6, 6.07) is 5.70. The predicted molar refractivity (Wildman–Crippen MR) is 67.1 cm³/mol. The van der Waals surface area contributed by atoms with Crippen molar-refractivity contribution in [2.45, 2.75) is 12.8 Å². The molecule has 0 spiro atoms. The normalized spacial score (nSPS) is 12.7. The van der Waals surface area contributed by atoms with Crippen molar-refractivity contribution < 1.29 is 4.74 Å². The van der Waals surface area contributed by atoms with Crippen LogP contribution in [0.3, 0.4) is 0 Å². The van der Waals surface area contributed by atoms with Gasteiger partial charge in [-0.2, -0.15) is 0 Å². The van der Waals surface area contributed by atoms with E-state index in [0.717, 1.165) is 17.5 Å². The van der Waals surface area contributed by atoms with E-state index >= 15 is 0 Å². The Morgan fingerprint density at radius 3 is 2.78 bits per heavy atom. The number of H-pyrrole nitrogens is 2. The van der Waals surface area contributed by atoms with Crippen molar-refractivity contribution in [3.8, 4) is 17.0 Å². The number of hydrogen-bond acceptors (Lipinski definition) is 3. The minimum Gasteiger partial charge on any atom is -0.497 e. The van der Waals surface area contributed by atoms with E-state index in [-0.39, 0.29) is 5.56 Å². The molecule has 1 heterocycles. The molecule has 0 aliphatic heterocycles. The van der Waals surface area contributed by atoms with Gasteiger partial charge in [0.25, 0.3) is 5.56 Å². The Kier molecular flexibility index (Phi) is 2.33. The molecule has 2 N–H and O–H groups in total. The number of aromatic amines is 2. The van der Waals surface area contributed by atoms with Crippen LogP contribution in [-0.2, 0) is 12.8 Å². The average Bonchev–Trinajstić information content (AvgIpc) is 2.37. The lowest BCUT2D eigenvalue weighted by Gasteiger charge is -2.18. The van der Waals surface area contributed by atoms with Crippen molar-refractivity contribution in [3.63, 3.8) is 0 Å². The van der Waals surface area contributed by atoms with Crippen LogP contribution < -0.4 is 16.0 Å². The van der Waals surface area contributed by atoms with E-state index in [9.17, 15) is 9.59 Å². The largest absolute Gasteiger partial charge is 0.497 e. The number of fused-ring (bicyclic) bond motifs is 3. The fraction of sp³-hybridized carbons (Fsp3) is 0.231. The first-order valence-corrected chi connectivity index (χ1v) is 5.72. The van der Waals surface area contributed by atoms with Gasteiger partial charge in [0.05, 0.1) is 12.8 Å². The highest BCUT2D eigenvalue weighted by Gasteiger charge is 2.20. The average molecular weight is 244 g/mol. The first kappa shape index (κ1) is 10.8. The van der Waals surface area contributed by atoms with Gasteiger partial charge in [-0.15, -0.1) is 0 Å². The fourth-order valence-corrected chi connectivity index (χ4v) is 2.37. The fourth-order valence-electron chi connectivity index (χ4n) is 2.37. The van der Waals surface area contributed by atoms with Crippen LogP contribution in [0.1, 0.15) is 11.1 Å². The molecular weight excluding hydrogens is 232 g/mol. The Bertz CT molecular complexity index is 728. The Labute approximate surface area is 102 Å². The quantitative estimate of drug-likeness (QED) is 0.780. The van der Waals surface area contributed by atoms with Crippen molar-refractivity contribution in [1.29, 1.82) is 0 Å². The lowest BCUT2D eigenvalue weighted by Crippen LogP contribution is -2.28. The minimum atomic E-state index is -0.477. The first-order chi connectivity index (χ1) is 8.69. The molecule has 1 aliphatic rings. The Morgan fingerprint density at radius 2 is 2.00 bits per heavy atom. The minimum absolute atomic E-state index is 0.304. The van der Waals surface area contributed by atoms with Crippen LogP contribution >= 0.6 is 0 Å². The zero-order valence-corrected chi connectivity index (χ0v) is 9.87. The summed E-state index contributed by atoms with van der Waals surface area (Å²) in [5.74, 6) is 0.711. The molecule has 1 aliphatic carbocycles. The molecular formula is C13H12N2O3. The molecule has 0 amide bonds. The first-order valence-electron chi connectivity index (χ1n) is 5.72. The van der Waals surface area contributed by atoms with Gasteiger partial charge in [-0.1, -0.05) is 6.07 Å². The van der Waals surface area contributed by atoms with E-state index in [2.05, 4.69) is 9.97 Å². The zero-order valence-electron chi connectivity index (χ0n) is 9.87. The standard InChI is InChI=1S/C13H12N2O3/c1-18-8-4-2-7-3-5-9-11(10(7)6-8)14-13(17)15-12(9)16/h2,4,6H,3,5H2,1H3,(H2,14,15,16,17). The topological polar surface area (TPSA) is 75.0 Å². The van der Waals surface area contributed by atoms with Crippen LogP contribution in [0.4, 0.5) is 0 Å². The number of nitrogens with one attached hydrogen (secondary N) is 2. The van der Waals surface area contributed by atoms with E-state index < -0.39 is 5.69 Å². The van der Waals surface area contributed by atoms with Crippen LogP contribution in [-0.4, -0.2) is 17.1 Å². The van der Waals surface area contributed by atoms with Gasteiger partial charge < -0.3 is 9.72 Å². The van der Waals surface area contributed by atoms with Crippen molar-refractivity contribution in [2.75, 3.05) is 7.11 Å². The third kappa shape index (κ3) is 1.55. The zero-order chi connectivity index (χ0) is 12.7. The van der Waals surface area contributed by atoms with Crippen molar-refractivity contribution in [1.82, 2.24) is 9.97 Å². The predicted octanol–water partition coefficient (Wildman–Crippen LogP) is 0.837. The maximum atomic E-state index is 11.7. The maximum Gasteiger partial charge on any atom is 0.326 e. The molecule has 0 bridgehead atoms. The molecule has 0 saturated carbocycles. The molecule has 0 radical (unpaired) electrons. The Balaban J connectivity index is 2.33. The molecule has 5 nitrogen and oxygen atoms in total. The summed E-state index contributed by atoms with van der Waals surface area (Å²) in [6.07, 6.45) is 1.43. The van der Waals surface area contributed by atoms with E-state index in [1.54, 1.807) is 7.11 Å². The second-order valence-corrected chi connectivity index (χ2v) is 4.28. The SMILES string of the molecule is COc1ccc2c(c1)-c1[nH]c(=O)[nH]c(=O)c1CC2. The molecule has 0 fully saturated rings. The van der Waals surface area contributed by atoms with Gasteiger partial charge in [0, 0.05) is 11.1 Å². The van der Waals surface area contributed by atoms with Gasteiger partial charge in [0.1, 0.15) is 5.75 Å². The molecule has 1 aromatic heterocycles. The van der Waals surface area contributed by atoms with Crippen LogP contribution in [0.15, 0.2) is 27.8 Å². The van der Waals surface area contributed by atoms with Crippen LogP contribution in [0, 0.1) is 0 Å². The molecule has 18 heavy (non-hydrogen) atoms. The van der Waals surface area contributed by atoms with Crippen molar-refractivity contribution >= 4 is 0 Å². The molecule has 0 unspecified atom stereocenters. The number of aromatic nitrogens is 2. The van der Waals surface area contributed by atoms with Crippen LogP contribution in [0.5, 0.6) is 5.75 Å². The van der Waals surface area contributed by atoms with Gasteiger partial charge in [-0.25, -0.2) is 4.79 Å². The maximum absolute atomic E-state index is 11.7. The number of methoxy groups -OCH3 is 1. The van der Waals surface area contributed by atoms with Gasteiger partial charge in [-0.3, -0.25) is 9.78 Å². The second kappa shape index (κ2) is 3.87. The molecule has 5 heteroatoms. The third-order valence-corrected chi connectivity index (χ3v) is 3.27. The van der Waals surface area contributed by atoms with Crippen LogP contribution in [0.2, 0.25) is 0 Å². The molecule has 0 saturated heterocycles. The smallest absolute Gasteiger partial charge is 0.326 e. The van der Waals surface area contributed by atoms with Gasteiger partial charge >= 0.3 is 5.69 Å². The number of benzene rings is 1. The highest BCUT2D eigenvalue weighted by molar-refractivity contribution is 5.70. The van der Waals surface area contributed by atoms with Crippen LogP contribution in [0.25, 0.3) is 11.3 Å². The van der Waals surface area contributed by atoms with E-state index in [0.29, 0.717) is 23.4 Å². The lowest BCUT2D eigenvalue weighted by atomic mass is 9.89. The second-order valence-electron chi connectivity index (χ2n) is 4.28. The van der Waals surface area contributed by atoms with E-state index in [1.165, 1.54) is 0 Å². The molecule has 3 rings (SSSR count). The Hall–Kier alpha value is -2.30. The molecule has 92 valence electrons. The number of ether oxygens (including phenoxy) is 1. The Morgan fingerprint density at radius 1 is 1.17 bits per heavy atom. The summed E-state index contributed by atoms with van der Waals surface area (Å²) in [5, 5.41) is 0. The van der Waals surface area contributed by atoms with Gasteiger partial charge in [0.15, 0.2) is 0 Å². The van der Waals surface area contributed by atoms with E-state index in [4.69, 9.17) is 4.74 Å². The summed E-state index contributed by atoms with van der Waals surface area (Å²) in [6.45, 7) is 0. The molecule has 1 aromatic carbocycles. The molecule has 2 aromatic rings. The monoisotopic (exact) mass is 244 g/mol. The summed E-state index contributed by atoms with van der Waals surface area (Å²) >= 11 is 0. The van der Waals surface area contributed by atoms with Gasteiger partial charge in [0.2, 0.25) is 0 Å². The highest BCUT2D eigenvalue weighted by atomic mass is 16.5. The number of hydrogen-bond donors (Lipinski definition) is 2. The summed E-state index contributed by atoms with van der Waals surface area (Å²) in [7, 11) is 1.59. The molecule has 0 atom stereocenters. The van der Waals surface area contributed by atoms with Crippen molar-refractivity contribution in [3.05, 3.63) is 50.2 Å². The summed E-state index contributed by atoms with van der Waals surface area (Å²) < 4.78 is 5.18.